The van der Waals surface area contributed by atoms with E-state index in [9.17, 15) is 31.2 Å². The molecule has 2 rings (SSSR count). The molecule has 3 N–H and O–H groups in total. The molecule has 0 saturated heterocycles. The molecule has 2 amide bonds. The van der Waals surface area contributed by atoms with Crippen molar-refractivity contribution in [1.29, 1.82) is 5.26 Å². The molecule has 12 heteroatoms. The molecule has 0 aliphatic heterocycles. The summed E-state index contributed by atoms with van der Waals surface area (Å²) in [4.78, 5) is 26.7. The van der Waals surface area contributed by atoms with Crippen molar-refractivity contribution in [3.05, 3.63) is 48.3 Å². The predicted molar refractivity (Wildman–Crippen MR) is 112 cm³/mol. The van der Waals surface area contributed by atoms with Gasteiger partial charge in [-0.3, -0.25) is 14.6 Å². The van der Waals surface area contributed by atoms with E-state index in [1.54, 1.807) is 6.07 Å². The first-order chi connectivity index (χ1) is 15.2. The highest BCUT2D eigenvalue weighted by Gasteiger charge is 2.35. The van der Waals surface area contributed by atoms with Gasteiger partial charge in [-0.15, -0.1) is 0 Å². The number of rotatable bonds is 8. The molecule has 176 valence electrons. The molecule has 0 spiro atoms. The molecule has 0 aliphatic carbocycles. The van der Waals surface area contributed by atoms with Crippen molar-refractivity contribution in [2.24, 2.45) is 11.1 Å². The van der Waals surface area contributed by atoms with Crippen molar-refractivity contribution in [2.75, 3.05) is 5.75 Å². The second kappa shape index (κ2) is 9.58. The minimum absolute atomic E-state index is 0.0963. The van der Waals surface area contributed by atoms with Gasteiger partial charge >= 0.3 is 6.18 Å². The van der Waals surface area contributed by atoms with Crippen molar-refractivity contribution in [2.45, 2.75) is 37.4 Å². The number of nitrogens with zero attached hydrogens (tertiary/aromatic N) is 2. The van der Waals surface area contributed by atoms with Gasteiger partial charge in [-0.2, -0.15) is 18.4 Å². The third-order valence-electron chi connectivity index (χ3n) is 4.63. The Labute approximate surface area is 188 Å². The number of nitrogens with one attached hydrogen (secondary N) is 1. The van der Waals surface area contributed by atoms with E-state index < -0.39 is 57.2 Å². The van der Waals surface area contributed by atoms with Crippen LogP contribution in [0.2, 0.25) is 0 Å². The lowest BCUT2D eigenvalue weighted by molar-refractivity contribution is -0.141. The fourth-order valence-corrected chi connectivity index (χ4v) is 4.69. The van der Waals surface area contributed by atoms with E-state index in [4.69, 9.17) is 11.0 Å². The largest absolute Gasteiger partial charge is 0.433 e. The van der Waals surface area contributed by atoms with E-state index in [2.05, 4.69) is 10.3 Å². The summed E-state index contributed by atoms with van der Waals surface area (Å²) in [5.41, 5.74) is 3.36. The summed E-state index contributed by atoms with van der Waals surface area (Å²) in [6.45, 7) is 2.75. The number of carbonyl (C=O) groups excluding carboxylic acids is 2. The van der Waals surface area contributed by atoms with Gasteiger partial charge in [-0.25, -0.2) is 8.42 Å². The van der Waals surface area contributed by atoms with Gasteiger partial charge in [0.25, 0.3) is 0 Å². The normalized spacial score (nSPS) is 13.1. The van der Waals surface area contributed by atoms with Gasteiger partial charge in [-0.1, -0.05) is 32.0 Å². The number of amides is 2. The Hall–Kier alpha value is -3.46. The lowest BCUT2D eigenvalue weighted by Crippen LogP contribution is -2.46. The number of pyridine rings is 1. The lowest BCUT2D eigenvalue weighted by Gasteiger charge is -2.24. The molecule has 1 atom stereocenters. The summed E-state index contributed by atoms with van der Waals surface area (Å²) >= 11 is 0. The van der Waals surface area contributed by atoms with Crippen LogP contribution in [0.15, 0.2) is 47.5 Å². The number of carbonyl (C=O) groups is 2. The number of primary amides is 1. The molecule has 1 aromatic carbocycles. The molecule has 1 aromatic heterocycles. The van der Waals surface area contributed by atoms with Crippen LogP contribution in [0.25, 0.3) is 11.1 Å². The number of sulfone groups is 1. The van der Waals surface area contributed by atoms with Crippen molar-refractivity contribution >= 4 is 21.7 Å². The molecule has 1 heterocycles. The highest BCUT2D eigenvalue weighted by Crippen LogP contribution is 2.30. The SMILES string of the molecule is CC(C)(CS(=O)(=O)c1ccc(-c2ccc(C(F)(F)F)nc2)cc1)C(=O)N[C@H](C#N)CC(N)=O. The first-order valence-electron chi connectivity index (χ1n) is 9.51. The molecular weight excluding hydrogens is 461 g/mol. The fourth-order valence-electron chi connectivity index (χ4n) is 2.89. The van der Waals surface area contributed by atoms with Crippen LogP contribution < -0.4 is 11.1 Å². The lowest BCUT2D eigenvalue weighted by atomic mass is 9.94. The van der Waals surface area contributed by atoms with Crippen LogP contribution in [0.4, 0.5) is 13.2 Å². The Morgan fingerprint density at radius 2 is 1.70 bits per heavy atom. The van der Waals surface area contributed by atoms with Crippen molar-refractivity contribution in [3.63, 3.8) is 0 Å². The van der Waals surface area contributed by atoms with Crippen LogP contribution in [0, 0.1) is 16.7 Å². The average Bonchev–Trinajstić information content (AvgIpc) is 2.71. The van der Waals surface area contributed by atoms with Gasteiger partial charge in [0.05, 0.1) is 28.6 Å². The maximum absolute atomic E-state index is 12.8. The summed E-state index contributed by atoms with van der Waals surface area (Å²) < 4.78 is 63.6. The molecule has 2 aromatic rings. The number of hydrogen-bond donors (Lipinski definition) is 2. The molecule has 33 heavy (non-hydrogen) atoms. The third kappa shape index (κ3) is 6.76. The maximum Gasteiger partial charge on any atom is 0.433 e. The van der Waals surface area contributed by atoms with Gasteiger partial charge in [0.1, 0.15) is 11.7 Å². The minimum atomic E-state index is -4.57. The third-order valence-corrected chi connectivity index (χ3v) is 6.72. The number of benzene rings is 1. The van der Waals surface area contributed by atoms with Crippen LogP contribution in [0.1, 0.15) is 26.0 Å². The van der Waals surface area contributed by atoms with Crippen LogP contribution in [0.5, 0.6) is 0 Å². The zero-order chi connectivity index (χ0) is 25.0. The topological polar surface area (TPSA) is 143 Å². The predicted octanol–water partition coefficient (Wildman–Crippen LogP) is 2.45. The van der Waals surface area contributed by atoms with Gasteiger partial charge in [0, 0.05) is 11.8 Å². The highest BCUT2D eigenvalue weighted by molar-refractivity contribution is 7.91. The van der Waals surface area contributed by atoms with Crippen molar-refractivity contribution < 1.29 is 31.2 Å². The zero-order valence-electron chi connectivity index (χ0n) is 17.7. The van der Waals surface area contributed by atoms with Crippen LogP contribution in [-0.2, 0) is 25.6 Å². The Kier molecular flexibility index (Phi) is 7.49. The summed E-state index contributed by atoms with van der Waals surface area (Å²) in [6.07, 6.45) is -3.94. The molecule has 0 fully saturated rings. The number of nitrogens with two attached hydrogens (primary N) is 1. The van der Waals surface area contributed by atoms with Gasteiger partial charge in [-0.05, 0) is 23.8 Å². The number of aromatic nitrogens is 1. The zero-order valence-corrected chi connectivity index (χ0v) is 18.5. The molecule has 0 aliphatic rings. The van der Waals surface area contributed by atoms with Gasteiger partial charge in [0.2, 0.25) is 11.8 Å². The number of nitriles is 1. The monoisotopic (exact) mass is 482 g/mol. The first kappa shape index (κ1) is 25.8. The second-order valence-corrected chi connectivity index (χ2v) is 9.91. The smallest absolute Gasteiger partial charge is 0.370 e. The Morgan fingerprint density at radius 3 is 2.15 bits per heavy atom. The quantitative estimate of drug-likeness (QED) is 0.592. The average molecular weight is 482 g/mol. The first-order valence-corrected chi connectivity index (χ1v) is 11.2. The van der Waals surface area contributed by atoms with Gasteiger partial charge < -0.3 is 11.1 Å². The standard InChI is InChI=1S/C21H21F3N4O4S/c1-20(2,19(30)28-15(10-25)9-18(26)29)12-33(31,32)16-6-3-13(4-7-16)14-5-8-17(27-11-14)21(22,23)24/h3-8,11,15H,9,12H2,1-2H3,(H2,26,29)(H,28,30)/t15-/m0/s1. The molecule has 8 nitrogen and oxygen atoms in total. The fraction of sp³-hybridized carbons (Fsp3) is 0.333. The minimum Gasteiger partial charge on any atom is -0.370 e. The summed E-state index contributed by atoms with van der Waals surface area (Å²) in [7, 11) is -3.95. The Bertz CT molecular complexity index is 1170. The molecule has 0 saturated carbocycles. The van der Waals surface area contributed by atoms with Crippen LogP contribution >= 0.6 is 0 Å². The molecule has 0 bridgehead atoms. The van der Waals surface area contributed by atoms with Gasteiger partial charge in [0.15, 0.2) is 9.84 Å². The number of halogens is 3. The van der Waals surface area contributed by atoms with E-state index in [0.717, 1.165) is 12.3 Å². The summed E-state index contributed by atoms with van der Waals surface area (Å²) in [6, 6.07) is 7.98. The van der Waals surface area contributed by atoms with E-state index in [0.29, 0.717) is 11.1 Å². The Morgan fingerprint density at radius 1 is 1.12 bits per heavy atom. The van der Waals surface area contributed by atoms with E-state index in [1.165, 1.54) is 44.2 Å². The van der Waals surface area contributed by atoms with E-state index in [1.807, 2.05) is 0 Å². The Balaban J connectivity index is 2.17. The number of hydrogen-bond acceptors (Lipinski definition) is 6. The van der Waals surface area contributed by atoms with E-state index >= 15 is 0 Å². The highest BCUT2D eigenvalue weighted by atomic mass is 32.2. The van der Waals surface area contributed by atoms with E-state index in [-0.39, 0.29) is 4.90 Å². The molecule has 0 unspecified atom stereocenters. The summed E-state index contributed by atoms with van der Waals surface area (Å²) in [5.74, 6) is -2.14. The van der Waals surface area contributed by atoms with Crippen LogP contribution in [0.3, 0.4) is 0 Å². The van der Waals surface area contributed by atoms with Crippen LogP contribution in [-0.4, -0.2) is 37.0 Å². The van der Waals surface area contributed by atoms with Crippen molar-refractivity contribution in [1.82, 2.24) is 10.3 Å². The molecule has 0 radical (unpaired) electrons. The maximum atomic E-state index is 12.8. The number of alkyl halides is 3. The van der Waals surface area contributed by atoms with Crippen molar-refractivity contribution in [3.8, 4) is 17.2 Å². The summed E-state index contributed by atoms with van der Waals surface area (Å²) in [5, 5.41) is 11.3. The second-order valence-electron chi connectivity index (χ2n) is 7.92. The molecular formula is C21H21F3N4O4S.